The molecule has 0 aliphatic carbocycles. The number of sulfonamides is 1. The van der Waals surface area contributed by atoms with Crippen molar-refractivity contribution in [3.63, 3.8) is 0 Å². The predicted octanol–water partition coefficient (Wildman–Crippen LogP) is 2.69. The van der Waals surface area contributed by atoms with E-state index in [0.717, 1.165) is 25.9 Å². The molecule has 8 heteroatoms. The van der Waals surface area contributed by atoms with E-state index in [1.54, 1.807) is 0 Å². The Balaban J connectivity index is 1.46. The van der Waals surface area contributed by atoms with Crippen LogP contribution in [0.25, 0.3) is 0 Å². The molecule has 1 aliphatic rings. The van der Waals surface area contributed by atoms with Crippen LogP contribution in [0.1, 0.15) is 34.0 Å². The number of methoxy groups -OCH3 is 1. The van der Waals surface area contributed by atoms with Crippen molar-refractivity contribution in [2.45, 2.75) is 23.7 Å². The van der Waals surface area contributed by atoms with E-state index in [1.807, 2.05) is 11.3 Å². The summed E-state index contributed by atoms with van der Waals surface area (Å²) in [6, 6.07) is 10.0. The minimum absolute atomic E-state index is 0.145. The molecular weight excluding hydrogens is 384 g/mol. The predicted molar refractivity (Wildman–Crippen MR) is 106 cm³/mol. The molecule has 1 aromatic carbocycles. The van der Waals surface area contributed by atoms with E-state index in [-0.39, 0.29) is 4.90 Å². The zero-order chi connectivity index (χ0) is 19.3. The van der Waals surface area contributed by atoms with Gasteiger partial charge in [-0.15, -0.1) is 11.3 Å². The Hall–Kier alpha value is -1.74. The number of esters is 1. The van der Waals surface area contributed by atoms with Crippen LogP contribution < -0.4 is 4.72 Å². The highest BCUT2D eigenvalue weighted by Crippen LogP contribution is 2.30. The lowest BCUT2D eigenvalue weighted by atomic mass is 9.95. The highest BCUT2D eigenvalue weighted by Gasteiger charge is 2.21. The summed E-state index contributed by atoms with van der Waals surface area (Å²) in [5.74, 6) is 0.143. The number of hydrogen-bond donors (Lipinski definition) is 1. The van der Waals surface area contributed by atoms with Crippen molar-refractivity contribution in [3.05, 3.63) is 52.2 Å². The van der Waals surface area contributed by atoms with Crippen molar-refractivity contribution < 1.29 is 17.9 Å². The molecule has 1 saturated heterocycles. The normalized spacial score (nSPS) is 16.3. The molecule has 0 amide bonds. The number of nitrogens with zero attached hydrogens (tertiary/aromatic N) is 1. The maximum atomic E-state index is 12.4. The average Bonchev–Trinajstić information content (AvgIpc) is 3.23. The zero-order valence-corrected chi connectivity index (χ0v) is 16.9. The van der Waals surface area contributed by atoms with Crippen LogP contribution in [-0.2, 0) is 14.8 Å². The Morgan fingerprint density at radius 3 is 2.52 bits per heavy atom. The lowest BCUT2D eigenvalue weighted by molar-refractivity contribution is 0.0600. The topological polar surface area (TPSA) is 75.7 Å². The summed E-state index contributed by atoms with van der Waals surface area (Å²) >= 11 is 1.81. The molecule has 2 aromatic rings. The molecule has 0 saturated carbocycles. The summed E-state index contributed by atoms with van der Waals surface area (Å²) in [5, 5.41) is 2.12. The van der Waals surface area contributed by atoms with Crippen LogP contribution in [0.3, 0.4) is 0 Å². The van der Waals surface area contributed by atoms with Crippen molar-refractivity contribution in [1.29, 1.82) is 0 Å². The van der Waals surface area contributed by atoms with E-state index in [2.05, 4.69) is 31.9 Å². The van der Waals surface area contributed by atoms with Gasteiger partial charge in [-0.1, -0.05) is 6.07 Å². The fourth-order valence-electron chi connectivity index (χ4n) is 3.27. The third-order valence-electron chi connectivity index (χ3n) is 4.84. The Morgan fingerprint density at radius 2 is 1.93 bits per heavy atom. The molecule has 2 heterocycles. The fraction of sp³-hybridized carbons (Fsp3) is 0.421. The van der Waals surface area contributed by atoms with E-state index in [4.69, 9.17) is 0 Å². The second kappa shape index (κ2) is 8.97. The van der Waals surface area contributed by atoms with Gasteiger partial charge in [-0.3, -0.25) is 0 Å². The molecule has 1 fully saturated rings. The van der Waals surface area contributed by atoms with Gasteiger partial charge in [-0.25, -0.2) is 17.9 Å². The van der Waals surface area contributed by atoms with E-state index in [9.17, 15) is 13.2 Å². The largest absolute Gasteiger partial charge is 0.465 e. The fourth-order valence-corrected chi connectivity index (χ4v) is 5.19. The summed E-state index contributed by atoms with van der Waals surface area (Å²) < 4.78 is 32.0. The molecule has 1 aromatic heterocycles. The summed E-state index contributed by atoms with van der Waals surface area (Å²) in [7, 11) is -2.29. The van der Waals surface area contributed by atoms with Gasteiger partial charge in [0.1, 0.15) is 0 Å². The van der Waals surface area contributed by atoms with Gasteiger partial charge in [0.2, 0.25) is 10.0 Å². The second-order valence-corrected chi connectivity index (χ2v) is 9.29. The van der Waals surface area contributed by atoms with Crippen molar-refractivity contribution in [2.24, 2.45) is 0 Å². The van der Waals surface area contributed by atoms with Gasteiger partial charge in [-0.2, -0.15) is 0 Å². The first-order valence-corrected chi connectivity index (χ1v) is 11.3. The molecule has 0 bridgehead atoms. The molecule has 0 radical (unpaired) electrons. The monoisotopic (exact) mass is 408 g/mol. The molecule has 27 heavy (non-hydrogen) atoms. The summed E-state index contributed by atoms with van der Waals surface area (Å²) in [4.78, 5) is 15.3. The molecule has 146 valence electrons. The molecule has 0 spiro atoms. The number of benzene rings is 1. The van der Waals surface area contributed by atoms with Gasteiger partial charge in [-0.05, 0) is 67.6 Å². The van der Waals surface area contributed by atoms with Gasteiger partial charge in [0.05, 0.1) is 17.6 Å². The van der Waals surface area contributed by atoms with Crippen molar-refractivity contribution >= 4 is 27.3 Å². The molecule has 1 N–H and O–H groups in total. The summed E-state index contributed by atoms with van der Waals surface area (Å²) in [6.45, 7) is 3.03. The first kappa shape index (κ1) is 20.0. The number of hydrogen-bond acceptors (Lipinski definition) is 6. The zero-order valence-electron chi connectivity index (χ0n) is 15.3. The minimum atomic E-state index is -3.58. The molecule has 0 atom stereocenters. The van der Waals surface area contributed by atoms with Gasteiger partial charge in [0, 0.05) is 18.0 Å². The van der Waals surface area contributed by atoms with Crippen LogP contribution in [0.2, 0.25) is 0 Å². The first-order chi connectivity index (χ1) is 13.0. The van der Waals surface area contributed by atoms with E-state index >= 15 is 0 Å². The highest BCUT2D eigenvalue weighted by atomic mass is 32.2. The molecule has 1 aliphatic heterocycles. The van der Waals surface area contributed by atoms with Crippen molar-refractivity contribution in [2.75, 3.05) is 33.3 Å². The molecule has 3 rings (SSSR count). The SMILES string of the molecule is COC(=O)c1ccc(S(=O)(=O)NCCN2CCC(c3cccs3)CC2)cc1. The number of thiophene rings is 1. The first-order valence-electron chi connectivity index (χ1n) is 8.93. The van der Waals surface area contributed by atoms with Gasteiger partial charge in [0.25, 0.3) is 0 Å². The second-order valence-electron chi connectivity index (χ2n) is 6.55. The third-order valence-corrected chi connectivity index (χ3v) is 7.35. The lowest BCUT2D eigenvalue weighted by Crippen LogP contribution is -2.39. The number of rotatable bonds is 7. The number of carbonyl (C=O) groups excluding carboxylic acids is 1. The lowest BCUT2D eigenvalue weighted by Gasteiger charge is -2.31. The van der Waals surface area contributed by atoms with Crippen LogP contribution in [-0.4, -0.2) is 52.6 Å². The third kappa shape index (κ3) is 5.16. The number of nitrogens with one attached hydrogen (secondary N) is 1. The summed E-state index contributed by atoms with van der Waals surface area (Å²) in [6.07, 6.45) is 2.23. The van der Waals surface area contributed by atoms with Gasteiger partial charge < -0.3 is 9.64 Å². The Morgan fingerprint density at radius 1 is 1.22 bits per heavy atom. The standard InChI is InChI=1S/C19H24N2O4S2/c1-25-19(22)16-4-6-17(7-5-16)27(23,24)20-10-13-21-11-8-15(9-12-21)18-3-2-14-26-18/h2-7,14-15,20H,8-13H2,1H3. The number of piperidine rings is 1. The summed E-state index contributed by atoms with van der Waals surface area (Å²) in [5.41, 5.74) is 0.324. The number of likely N-dealkylation sites (tertiary alicyclic amines) is 1. The maximum Gasteiger partial charge on any atom is 0.337 e. The number of carbonyl (C=O) groups is 1. The van der Waals surface area contributed by atoms with Crippen LogP contribution >= 0.6 is 11.3 Å². The molecule has 0 unspecified atom stereocenters. The Kier molecular flexibility index (Phi) is 6.64. The van der Waals surface area contributed by atoms with Crippen molar-refractivity contribution in [1.82, 2.24) is 9.62 Å². The van der Waals surface area contributed by atoms with E-state index in [1.165, 1.54) is 36.3 Å². The quantitative estimate of drug-likeness (QED) is 0.713. The Labute approximate surface area is 164 Å². The number of ether oxygens (including phenoxy) is 1. The van der Waals surface area contributed by atoms with Gasteiger partial charge in [0.15, 0.2) is 0 Å². The average molecular weight is 409 g/mol. The van der Waals surface area contributed by atoms with Crippen LogP contribution in [0, 0.1) is 0 Å². The van der Waals surface area contributed by atoms with Gasteiger partial charge >= 0.3 is 5.97 Å². The van der Waals surface area contributed by atoms with Crippen LogP contribution in [0.15, 0.2) is 46.7 Å². The minimum Gasteiger partial charge on any atom is -0.465 e. The van der Waals surface area contributed by atoms with Crippen LogP contribution in [0.4, 0.5) is 0 Å². The van der Waals surface area contributed by atoms with E-state index in [0.29, 0.717) is 24.6 Å². The van der Waals surface area contributed by atoms with Crippen molar-refractivity contribution in [3.8, 4) is 0 Å². The highest BCUT2D eigenvalue weighted by molar-refractivity contribution is 7.89. The Bertz CT molecular complexity index is 840. The maximum absolute atomic E-state index is 12.4. The van der Waals surface area contributed by atoms with E-state index < -0.39 is 16.0 Å². The molecular formula is C19H24N2O4S2. The smallest absolute Gasteiger partial charge is 0.337 e. The van der Waals surface area contributed by atoms with Crippen LogP contribution in [0.5, 0.6) is 0 Å². The molecule has 6 nitrogen and oxygen atoms in total.